The number of oxazole rings is 1. The molecule has 4 rings (SSSR count). The third kappa shape index (κ3) is 3.90. The first-order valence-electron chi connectivity index (χ1n) is 9.39. The van der Waals surface area contributed by atoms with Crippen molar-refractivity contribution >= 4 is 0 Å². The molecule has 3 heterocycles. The maximum absolute atomic E-state index is 10.5. The van der Waals surface area contributed by atoms with Gasteiger partial charge in [0.15, 0.2) is 0 Å². The maximum atomic E-state index is 10.5. The highest BCUT2D eigenvalue weighted by Gasteiger charge is 2.32. The second-order valence-corrected chi connectivity index (χ2v) is 7.14. The predicted octanol–water partition coefficient (Wildman–Crippen LogP) is 2.48. The Morgan fingerprint density at radius 2 is 2.11 bits per heavy atom. The summed E-state index contributed by atoms with van der Waals surface area (Å²) in [7, 11) is 1.64. The minimum absolute atomic E-state index is 0.137. The van der Waals surface area contributed by atoms with Crippen molar-refractivity contribution in [1.29, 1.82) is 0 Å². The molecule has 0 aliphatic carbocycles. The van der Waals surface area contributed by atoms with Crippen molar-refractivity contribution in [2.45, 2.75) is 26.0 Å². The molecule has 0 bridgehead atoms. The molecule has 1 aliphatic rings. The Kier molecular flexibility index (Phi) is 5.36. The van der Waals surface area contributed by atoms with Gasteiger partial charge in [0.25, 0.3) is 0 Å². The lowest BCUT2D eigenvalue weighted by atomic mass is 10.0. The molecule has 1 fully saturated rings. The van der Waals surface area contributed by atoms with Crippen molar-refractivity contribution in [3.8, 4) is 17.2 Å². The monoisotopic (exact) mass is 380 g/mol. The number of nitrogens with zero attached hydrogens (tertiary/aromatic N) is 4. The molecule has 0 spiro atoms. The number of benzene rings is 1. The molecule has 146 valence electrons. The Balaban J connectivity index is 1.46. The van der Waals surface area contributed by atoms with E-state index in [0.717, 1.165) is 41.4 Å². The molecule has 1 N–H and O–H groups in total. The standard InChI is InChI=1S/C21H24N4O3/c1-14-18(24-21(28-14)17-5-3-4-6-20(17)27-2)12-25-11-15(19(26)13-25)9-16-10-22-7-8-23-16/h3-8,10,15,19,26H,9,11-13H2,1-2H3/t15-,19-/m1/s1. The quantitative estimate of drug-likeness (QED) is 0.703. The van der Waals surface area contributed by atoms with Crippen LogP contribution >= 0.6 is 0 Å². The lowest BCUT2D eigenvalue weighted by Crippen LogP contribution is -2.22. The number of methoxy groups -OCH3 is 1. The number of ether oxygens (including phenoxy) is 1. The molecular formula is C21H24N4O3. The normalized spacial score (nSPS) is 19.8. The van der Waals surface area contributed by atoms with Crippen LogP contribution in [0.4, 0.5) is 0 Å². The molecule has 0 saturated carbocycles. The van der Waals surface area contributed by atoms with E-state index in [4.69, 9.17) is 14.1 Å². The summed E-state index contributed by atoms with van der Waals surface area (Å²) in [6.45, 7) is 3.96. The van der Waals surface area contributed by atoms with E-state index in [-0.39, 0.29) is 12.0 Å². The molecule has 28 heavy (non-hydrogen) atoms. The number of hydrogen-bond acceptors (Lipinski definition) is 7. The summed E-state index contributed by atoms with van der Waals surface area (Å²) in [4.78, 5) is 15.3. The summed E-state index contributed by atoms with van der Waals surface area (Å²) in [5.74, 6) is 2.21. The van der Waals surface area contributed by atoms with Gasteiger partial charge in [0.2, 0.25) is 5.89 Å². The van der Waals surface area contributed by atoms with Crippen molar-refractivity contribution in [3.63, 3.8) is 0 Å². The van der Waals surface area contributed by atoms with Crippen molar-refractivity contribution in [2.75, 3.05) is 20.2 Å². The van der Waals surface area contributed by atoms with E-state index in [1.165, 1.54) is 0 Å². The number of likely N-dealkylation sites (tertiary alicyclic amines) is 1. The molecular weight excluding hydrogens is 356 g/mol. The summed E-state index contributed by atoms with van der Waals surface area (Å²) >= 11 is 0. The summed E-state index contributed by atoms with van der Waals surface area (Å²) in [5.41, 5.74) is 2.62. The fourth-order valence-electron chi connectivity index (χ4n) is 3.70. The second kappa shape index (κ2) is 8.08. The number of para-hydroxylation sites is 1. The molecule has 1 aromatic carbocycles. The zero-order valence-corrected chi connectivity index (χ0v) is 16.1. The third-order valence-electron chi connectivity index (χ3n) is 5.17. The highest BCUT2D eigenvalue weighted by Crippen LogP contribution is 2.31. The smallest absolute Gasteiger partial charge is 0.230 e. The van der Waals surface area contributed by atoms with Gasteiger partial charge in [0.05, 0.1) is 30.2 Å². The SMILES string of the molecule is COc1ccccc1-c1nc(CN2C[C@@H](Cc3cnccn3)[C@H](O)C2)c(C)o1. The minimum atomic E-state index is -0.386. The summed E-state index contributed by atoms with van der Waals surface area (Å²) in [5, 5.41) is 10.5. The number of aromatic nitrogens is 3. The van der Waals surface area contributed by atoms with Crippen LogP contribution in [0.2, 0.25) is 0 Å². The van der Waals surface area contributed by atoms with Crippen LogP contribution in [0.25, 0.3) is 11.5 Å². The van der Waals surface area contributed by atoms with Gasteiger partial charge < -0.3 is 14.3 Å². The van der Waals surface area contributed by atoms with Crippen LogP contribution in [0.1, 0.15) is 17.1 Å². The largest absolute Gasteiger partial charge is 0.496 e. The van der Waals surface area contributed by atoms with Gasteiger partial charge in [0, 0.05) is 44.1 Å². The van der Waals surface area contributed by atoms with E-state index < -0.39 is 0 Å². The molecule has 2 aromatic heterocycles. The summed E-state index contributed by atoms with van der Waals surface area (Å²) in [6.07, 6.45) is 5.44. The Morgan fingerprint density at radius 3 is 2.89 bits per heavy atom. The number of β-amino-alcohol motifs (C(OH)–C–C–N with tert-alkyl or cyclic N) is 1. The highest BCUT2D eigenvalue weighted by atomic mass is 16.5. The number of hydrogen-bond donors (Lipinski definition) is 1. The zero-order chi connectivity index (χ0) is 19.5. The van der Waals surface area contributed by atoms with Crippen LogP contribution in [0.3, 0.4) is 0 Å². The minimum Gasteiger partial charge on any atom is -0.496 e. The third-order valence-corrected chi connectivity index (χ3v) is 5.17. The summed E-state index contributed by atoms with van der Waals surface area (Å²) < 4.78 is 11.3. The molecule has 7 heteroatoms. The molecule has 3 aromatic rings. The first kappa shape index (κ1) is 18.6. The van der Waals surface area contributed by atoms with Gasteiger partial charge in [-0.05, 0) is 25.5 Å². The Bertz CT molecular complexity index is 928. The fourth-order valence-corrected chi connectivity index (χ4v) is 3.70. The van der Waals surface area contributed by atoms with Crippen molar-refractivity contribution in [1.82, 2.24) is 19.9 Å². The van der Waals surface area contributed by atoms with E-state index >= 15 is 0 Å². The molecule has 0 radical (unpaired) electrons. The summed E-state index contributed by atoms with van der Waals surface area (Å²) in [6, 6.07) is 7.68. The topological polar surface area (TPSA) is 84.5 Å². The molecule has 7 nitrogen and oxygen atoms in total. The van der Waals surface area contributed by atoms with E-state index in [1.807, 2.05) is 31.2 Å². The van der Waals surface area contributed by atoms with Crippen LogP contribution in [0.5, 0.6) is 5.75 Å². The molecule has 1 saturated heterocycles. The van der Waals surface area contributed by atoms with Crippen LogP contribution in [-0.4, -0.2) is 51.3 Å². The first-order chi connectivity index (χ1) is 13.6. The van der Waals surface area contributed by atoms with Gasteiger partial charge >= 0.3 is 0 Å². The molecule has 0 unspecified atom stereocenters. The van der Waals surface area contributed by atoms with Gasteiger partial charge in [-0.2, -0.15) is 0 Å². The second-order valence-electron chi connectivity index (χ2n) is 7.14. The van der Waals surface area contributed by atoms with Gasteiger partial charge in [-0.25, -0.2) is 4.98 Å². The van der Waals surface area contributed by atoms with E-state index in [1.54, 1.807) is 25.7 Å². The number of aliphatic hydroxyl groups is 1. The van der Waals surface area contributed by atoms with Crippen LogP contribution < -0.4 is 4.74 Å². The lowest BCUT2D eigenvalue weighted by molar-refractivity contribution is 0.140. The lowest BCUT2D eigenvalue weighted by Gasteiger charge is -2.14. The first-order valence-corrected chi connectivity index (χ1v) is 9.39. The Labute approximate surface area is 164 Å². The van der Waals surface area contributed by atoms with Gasteiger partial charge in [-0.3, -0.25) is 14.9 Å². The Morgan fingerprint density at radius 1 is 1.25 bits per heavy atom. The predicted molar refractivity (Wildman–Crippen MR) is 104 cm³/mol. The van der Waals surface area contributed by atoms with Crippen molar-refractivity contribution in [2.24, 2.45) is 5.92 Å². The van der Waals surface area contributed by atoms with Gasteiger partial charge in [-0.1, -0.05) is 12.1 Å². The Hall–Kier alpha value is -2.77. The van der Waals surface area contributed by atoms with E-state index in [2.05, 4.69) is 14.9 Å². The molecule has 2 atom stereocenters. The van der Waals surface area contributed by atoms with E-state index in [0.29, 0.717) is 19.0 Å². The number of aliphatic hydroxyl groups excluding tert-OH is 1. The fraction of sp³-hybridized carbons (Fsp3) is 0.381. The van der Waals surface area contributed by atoms with Crippen LogP contribution in [0.15, 0.2) is 47.3 Å². The van der Waals surface area contributed by atoms with Crippen LogP contribution in [-0.2, 0) is 13.0 Å². The van der Waals surface area contributed by atoms with Crippen molar-refractivity contribution < 1.29 is 14.3 Å². The van der Waals surface area contributed by atoms with Gasteiger partial charge in [0.1, 0.15) is 11.5 Å². The molecule has 1 aliphatic heterocycles. The zero-order valence-electron chi connectivity index (χ0n) is 16.1. The van der Waals surface area contributed by atoms with Gasteiger partial charge in [-0.15, -0.1) is 0 Å². The number of aryl methyl sites for hydroxylation is 1. The maximum Gasteiger partial charge on any atom is 0.230 e. The average Bonchev–Trinajstić information content (AvgIpc) is 3.25. The molecule has 0 amide bonds. The number of rotatable bonds is 6. The van der Waals surface area contributed by atoms with Crippen molar-refractivity contribution in [3.05, 3.63) is 60.0 Å². The highest BCUT2D eigenvalue weighted by molar-refractivity contribution is 5.62. The van der Waals surface area contributed by atoms with Crippen LogP contribution in [0, 0.1) is 12.8 Å². The van der Waals surface area contributed by atoms with E-state index in [9.17, 15) is 5.11 Å². The average molecular weight is 380 g/mol.